The van der Waals surface area contributed by atoms with Crippen molar-refractivity contribution in [1.29, 1.82) is 5.26 Å². The summed E-state index contributed by atoms with van der Waals surface area (Å²) in [5, 5.41) is 9.28. The average Bonchev–Trinajstić information content (AvgIpc) is 2.67. The number of fused-ring (bicyclic) bond motifs is 1. The Morgan fingerprint density at radius 2 is 1.78 bits per heavy atom. The van der Waals surface area contributed by atoms with Gasteiger partial charge in [-0.15, -0.1) is 0 Å². The lowest BCUT2D eigenvalue weighted by Crippen LogP contribution is -2.50. The summed E-state index contributed by atoms with van der Waals surface area (Å²) in [5.41, 5.74) is 2.62. The molecule has 0 bridgehead atoms. The van der Waals surface area contributed by atoms with Crippen molar-refractivity contribution in [1.82, 2.24) is 4.90 Å². The van der Waals surface area contributed by atoms with Gasteiger partial charge < -0.3 is 9.64 Å². The van der Waals surface area contributed by atoms with E-state index >= 15 is 0 Å². The number of anilines is 1. The van der Waals surface area contributed by atoms with Crippen molar-refractivity contribution in [3.05, 3.63) is 59.4 Å². The number of hydrogen-bond donors (Lipinski definition) is 0. The minimum Gasteiger partial charge on any atom is -0.487 e. The first-order valence-corrected chi connectivity index (χ1v) is 9.43. The maximum Gasteiger partial charge on any atom is 0.124 e. The summed E-state index contributed by atoms with van der Waals surface area (Å²) in [4.78, 5) is 4.79. The summed E-state index contributed by atoms with van der Waals surface area (Å²) in [6, 6.07) is 14.9. The second-order valence-corrected chi connectivity index (χ2v) is 7.95. The molecular formula is C22H24FN3O. The van der Waals surface area contributed by atoms with Gasteiger partial charge in [-0.2, -0.15) is 5.26 Å². The Hall–Kier alpha value is -2.58. The van der Waals surface area contributed by atoms with E-state index in [-0.39, 0.29) is 17.5 Å². The smallest absolute Gasteiger partial charge is 0.124 e. The largest absolute Gasteiger partial charge is 0.487 e. The zero-order valence-electron chi connectivity index (χ0n) is 15.8. The van der Waals surface area contributed by atoms with Crippen LogP contribution in [-0.2, 0) is 0 Å². The topological polar surface area (TPSA) is 39.5 Å². The molecule has 0 aliphatic carbocycles. The molecule has 140 valence electrons. The van der Waals surface area contributed by atoms with Crippen LogP contribution < -0.4 is 9.64 Å². The van der Waals surface area contributed by atoms with E-state index in [0.29, 0.717) is 5.56 Å². The molecule has 4 rings (SSSR count). The summed E-state index contributed by atoms with van der Waals surface area (Å²) in [6.07, 6.45) is 0.894. The molecule has 2 aliphatic rings. The highest BCUT2D eigenvalue weighted by Gasteiger charge is 2.37. The molecule has 0 aromatic heterocycles. The van der Waals surface area contributed by atoms with Crippen LogP contribution in [0.1, 0.15) is 37.4 Å². The number of halogens is 1. The van der Waals surface area contributed by atoms with E-state index in [0.717, 1.165) is 49.6 Å². The first-order valence-electron chi connectivity index (χ1n) is 9.43. The maximum atomic E-state index is 13.2. The van der Waals surface area contributed by atoms with Crippen LogP contribution >= 0.6 is 0 Å². The summed E-state index contributed by atoms with van der Waals surface area (Å²) in [5.74, 6) is 0.683. The number of hydrogen-bond acceptors (Lipinski definition) is 4. The highest BCUT2D eigenvalue weighted by atomic mass is 19.1. The average molecular weight is 365 g/mol. The Bertz CT molecular complexity index is 864. The van der Waals surface area contributed by atoms with Crippen molar-refractivity contribution in [3.8, 4) is 11.8 Å². The van der Waals surface area contributed by atoms with E-state index in [4.69, 9.17) is 4.74 Å². The quantitative estimate of drug-likeness (QED) is 0.803. The van der Waals surface area contributed by atoms with E-state index in [9.17, 15) is 9.65 Å². The molecule has 1 fully saturated rings. The van der Waals surface area contributed by atoms with Crippen LogP contribution in [0.25, 0.3) is 0 Å². The summed E-state index contributed by atoms with van der Waals surface area (Å²) < 4.78 is 19.3. The van der Waals surface area contributed by atoms with Crippen LogP contribution in [0.2, 0.25) is 0 Å². The van der Waals surface area contributed by atoms with Crippen molar-refractivity contribution in [2.75, 3.05) is 31.1 Å². The maximum absolute atomic E-state index is 13.2. The summed E-state index contributed by atoms with van der Waals surface area (Å²) >= 11 is 0. The van der Waals surface area contributed by atoms with Gasteiger partial charge in [-0.25, -0.2) is 4.39 Å². The molecule has 4 nitrogen and oxygen atoms in total. The van der Waals surface area contributed by atoms with Gasteiger partial charge in [0.2, 0.25) is 0 Å². The predicted octanol–water partition coefficient (Wildman–Crippen LogP) is 4.12. The molecule has 0 radical (unpaired) electrons. The van der Waals surface area contributed by atoms with Gasteiger partial charge in [0.15, 0.2) is 0 Å². The Balaban J connectivity index is 1.54. The van der Waals surface area contributed by atoms with E-state index < -0.39 is 0 Å². The van der Waals surface area contributed by atoms with Crippen LogP contribution in [0, 0.1) is 17.1 Å². The molecule has 0 amide bonds. The number of piperazine rings is 1. The predicted molar refractivity (Wildman–Crippen MR) is 103 cm³/mol. The fraction of sp³-hybridized carbons (Fsp3) is 0.409. The van der Waals surface area contributed by atoms with E-state index in [1.165, 1.54) is 12.1 Å². The standard InChI is InChI=1S/C22H24FN3O/c1-22(2)14-20(19-13-16(15-24)3-8-21(19)27-22)26-11-9-25(10-12-26)18-6-4-17(23)5-7-18/h3-8,13,20H,9-12,14H2,1-2H3/t20-/m0/s1. The first kappa shape index (κ1) is 17.8. The molecule has 2 aromatic rings. The van der Waals surface area contributed by atoms with Gasteiger partial charge in [0.25, 0.3) is 0 Å². The fourth-order valence-corrected chi connectivity index (χ4v) is 4.16. The van der Waals surface area contributed by atoms with Gasteiger partial charge in [0.05, 0.1) is 11.6 Å². The van der Waals surface area contributed by atoms with E-state index in [1.807, 2.05) is 30.3 Å². The van der Waals surface area contributed by atoms with Crippen LogP contribution in [-0.4, -0.2) is 36.7 Å². The minimum atomic E-state index is -0.236. The Kier molecular flexibility index (Phi) is 4.53. The van der Waals surface area contributed by atoms with Crippen LogP contribution in [0.15, 0.2) is 42.5 Å². The minimum absolute atomic E-state index is 0.202. The molecule has 2 heterocycles. The van der Waals surface area contributed by atoms with Gasteiger partial charge in [0.1, 0.15) is 17.2 Å². The molecule has 27 heavy (non-hydrogen) atoms. The zero-order valence-corrected chi connectivity index (χ0v) is 15.8. The van der Waals surface area contributed by atoms with Crippen LogP contribution in [0.5, 0.6) is 5.75 Å². The lowest BCUT2D eigenvalue weighted by Gasteiger charge is -2.46. The lowest BCUT2D eigenvalue weighted by molar-refractivity contribution is 0.0279. The molecule has 0 saturated carbocycles. The normalized spacial score (nSPS) is 21.9. The molecule has 1 atom stereocenters. The third-order valence-electron chi connectivity index (χ3n) is 5.52. The van der Waals surface area contributed by atoms with E-state index in [1.54, 1.807) is 0 Å². The summed E-state index contributed by atoms with van der Waals surface area (Å²) in [6.45, 7) is 7.89. The lowest BCUT2D eigenvalue weighted by atomic mass is 9.87. The number of nitriles is 1. The molecule has 0 spiro atoms. The van der Waals surface area contributed by atoms with Crippen LogP contribution in [0.3, 0.4) is 0 Å². The molecule has 5 heteroatoms. The van der Waals surface area contributed by atoms with Gasteiger partial charge in [-0.05, 0) is 56.3 Å². The van der Waals surface area contributed by atoms with Gasteiger partial charge in [0, 0.05) is 49.9 Å². The summed E-state index contributed by atoms with van der Waals surface area (Å²) in [7, 11) is 0. The number of ether oxygens (including phenoxy) is 1. The Labute approximate surface area is 159 Å². The second kappa shape index (κ2) is 6.86. The third-order valence-corrected chi connectivity index (χ3v) is 5.52. The Morgan fingerprint density at radius 3 is 2.44 bits per heavy atom. The van der Waals surface area contributed by atoms with Crippen molar-refractivity contribution in [2.24, 2.45) is 0 Å². The fourth-order valence-electron chi connectivity index (χ4n) is 4.16. The highest BCUT2D eigenvalue weighted by molar-refractivity contribution is 5.48. The van der Waals surface area contributed by atoms with Crippen molar-refractivity contribution in [3.63, 3.8) is 0 Å². The first-order chi connectivity index (χ1) is 12.9. The van der Waals surface area contributed by atoms with Gasteiger partial charge in [-0.3, -0.25) is 4.90 Å². The molecule has 0 unspecified atom stereocenters. The van der Waals surface area contributed by atoms with Crippen molar-refractivity contribution < 1.29 is 9.13 Å². The molecule has 0 N–H and O–H groups in total. The molecule has 1 saturated heterocycles. The monoisotopic (exact) mass is 365 g/mol. The van der Waals surface area contributed by atoms with Gasteiger partial charge in [-0.1, -0.05) is 0 Å². The zero-order chi connectivity index (χ0) is 19.0. The van der Waals surface area contributed by atoms with E-state index in [2.05, 4.69) is 29.7 Å². The SMILES string of the molecule is CC1(C)C[C@H](N2CCN(c3ccc(F)cc3)CC2)c2cc(C#N)ccc2O1. The molecular weight excluding hydrogens is 341 g/mol. The van der Waals surface area contributed by atoms with Crippen molar-refractivity contribution >= 4 is 5.69 Å². The second-order valence-electron chi connectivity index (χ2n) is 7.95. The molecule has 2 aromatic carbocycles. The van der Waals surface area contributed by atoms with Crippen molar-refractivity contribution in [2.45, 2.75) is 31.9 Å². The third kappa shape index (κ3) is 3.63. The highest BCUT2D eigenvalue weighted by Crippen LogP contribution is 2.43. The molecule has 2 aliphatic heterocycles. The number of rotatable bonds is 2. The Morgan fingerprint density at radius 1 is 1.07 bits per heavy atom. The van der Waals surface area contributed by atoms with Gasteiger partial charge >= 0.3 is 0 Å². The number of benzene rings is 2. The number of nitrogens with zero attached hydrogens (tertiary/aromatic N) is 3. The van der Waals surface area contributed by atoms with Crippen LogP contribution in [0.4, 0.5) is 10.1 Å².